The first-order chi connectivity index (χ1) is 8.14. The molecule has 17 heavy (non-hydrogen) atoms. The summed E-state index contributed by atoms with van der Waals surface area (Å²) in [6, 6.07) is 0. The quantitative estimate of drug-likeness (QED) is 0.686. The molecule has 0 spiro atoms. The molecule has 1 saturated carbocycles. The Labute approximate surface area is 104 Å². The van der Waals surface area contributed by atoms with Crippen LogP contribution < -0.4 is 0 Å². The van der Waals surface area contributed by atoms with E-state index in [0.29, 0.717) is 19.6 Å². The number of hydrogen-bond acceptors (Lipinski definition) is 3. The molecule has 0 unspecified atom stereocenters. The molecule has 1 aliphatic carbocycles. The summed E-state index contributed by atoms with van der Waals surface area (Å²) in [6.07, 6.45) is 7.21. The maximum absolute atomic E-state index is 11.2. The highest BCUT2D eigenvalue weighted by Gasteiger charge is 2.61. The number of carbonyl (C=O) groups is 1. The first-order valence-electron chi connectivity index (χ1n) is 6.91. The molecule has 1 aliphatic heterocycles. The van der Waals surface area contributed by atoms with Gasteiger partial charge < -0.3 is 14.3 Å². The second-order valence-corrected chi connectivity index (χ2v) is 5.54. The van der Waals surface area contributed by atoms with Crippen molar-refractivity contribution in [1.82, 2.24) is 0 Å². The van der Waals surface area contributed by atoms with Crippen molar-refractivity contribution in [3.8, 4) is 0 Å². The van der Waals surface area contributed by atoms with Crippen LogP contribution in [0.25, 0.3) is 0 Å². The Morgan fingerprint density at radius 3 is 2.29 bits per heavy atom. The van der Waals surface area contributed by atoms with E-state index in [9.17, 15) is 4.79 Å². The second-order valence-electron chi connectivity index (χ2n) is 5.54. The Morgan fingerprint density at radius 2 is 1.82 bits per heavy atom. The monoisotopic (exact) mass is 240 g/mol. The van der Waals surface area contributed by atoms with Crippen LogP contribution >= 0.6 is 0 Å². The van der Waals surface area contributed by atoms with Gasteiger partial charge in [-0.2, -0.15) is 0 Å². The van der Waals surface area contributed by atoms with Gasteiger partial charge in [-0.25, -0.2) is 0 Å². The third kappa shape index (κ3) is 2.55. The molecule has 0 radical (unpaired) electrons. The van der Waals surface area contributed by atoms with E-state index in [2.05, 4.69) is 6.92 Å². The lowest BCUT2D eigenvalue weighted by Gasteiger charge is -2.36. The van der Waals surface area contributed by atoms with Crippen LogP contribution in [0.5, 0.6) is 0 Å². The van der Waals surface area contributed by atoms with Crippen LogP contribution in [0.15, 0.2) is 0 Å². The van der Waals surface area contributed by atoms with E-state index < -0.39 is 0 Å². The highest BCUT2D eigenvalue weighted by molar-refractivity contribution is 5.75. The molecule has 0 aromatic rings. The van der Waals surface area contributed by atoms with Crippen molar-refractivity contribution >= 4 is 5.78 Å². The van der Waals surface area contributed by atoms with E-state index in [0.717, 1.165) is 38.5 Å². The van der Waals surface area contributed by atoms with Crippen molar-refractivity contribution in [3.63, 3.8) is 0 Å². The molecule has 98 valence electrons. The summed E-state index contributed by atoms with van der Waals surface area (Å²) in [5.41, 5.74) is 0.143. The van der Waals surface area contributed by atoms with Crippen LogP contribution in [0.4, 0.5) is 0 Å². The zero-order valence-corrected chi connectivity index (χ0v) is 11.1. The van der Waals surface area contributed by atoms with Gasteiger partial charge in [0.25, 0.3) is 0 Å². The first kappa shape index (κ1) is 13.0. The number of ketones is 1. The van der Waals surface area contributed by atoms with Crippen LogP contribution in [0.3, 0.4) is 0 Å². The zero-order valence-electron chi connectivity index (χ0n) is 11.1. The summed E-state index contributed by atoms with van der Waals surface area (Å²) in [5.74, 6) is -0.0849. The molecule has 1 saturated heterocycles. The summed E-state index contributed by atoms with van der Waals surface area (Å²) in [6.45, 7) is 5.29. The van der Waals surface area contributed by atoms with Crippen molar-refractivity contribution in [2.24, 2.45) is 5.41 Å². The number of Topliss-reactive ketones (excluding diaryl/α,β-unsaturated/α-hetero) is 1. The molecule has 3 nitrogen and oxygen atoms in total. The summed E-state index contributed by atoms with van der Waals surface area (Å²) >= 11 is 0. The van der Waals surface area contributed by atoms with E-state index in [1.165, 1.54) is 0 Å². The summed E-state index contributed by atoms with van der Waals surface area (Å²) in [5, 5.41) is 0. The predicted molar refractivity (Wildman–Crippen MR) is 65.7 cm³/mol. The van der Waals surface area contributed by atoms with Crippen LogP contribution in [0, 0.1) is 5.41 Å². The predicted octanol–water partition coefficient (Wildman–Crippen LogP) is 3.07. The number of ether oxygens (including phenoxy) is 2. The first-order valence-corrected chi connectivity index (χ1v) is 6.91. The van der Waals surface area contributed by atoms with Crippen LogP contribution in [0.1, 0.15) is 58.8 Å². The molecule has 0 aromatic heterocycles. The molecule has 1 heterocycles. The van der Waals surface area contributed by atoms with Crippen molar-refractivity contribution in [3.05, 3.63) is 0 Å². The van der Waals surface area contributed by atoms with Gasteiger partial charge >= 0.3 is 0 Å². The third-order valence-electron chi connectivity index (χ3n) is 4.23. The van der Waals surface area contributed by atoms with E-state index in [-0.39, 0.29) is 17.0 Å². The molecule has 2 rings (SSSR count). The lowest BCUT2D eigenvalue weighted by molar-refractivity contribution is -0.213. The molecule has 0 aromatic carbocycles. The van der Waals surface area contributed by atoms with E-state index >= 15 is 0 Å². The Kier molecular flexibility index (Phi) is 3.88. The van der Waals surface area contributed by atoms with Gasteiger partial charge in [0.05, 0.1) is 13.2 Å². The van der Waals surface area contributed by atoms with Gasteiger partial charge in [0, 0.05) is 18.3 Å². The van der Waals surface area contributed by atoms with Gasteiger partial charge in [-0.3, -0.25) is 0 Å². The highest BCUT2D eigenvalue weighted by atomic mass is 16.7. The fourth-order valence-corrected chi connectivity index (χ4v) is 2.97. The van der Waals surface area contributed by atoms with Crippen molar-refractivity contribution in [2.75, 3.05) is 13.2 Å². The van der Waals surface area contributed by atoms with Gasteiger partial charge in [0.2, 0.25) is 0 Å². The lowest BCUT2D eigenvalue weighted by Crippen LogP contribution is -2.41. The van der Waals surface area contributed by atoms with Crippen molar-refractivity contribution in [1.29, 1.82) is 0 Å². The molecule has 0 atom stereocenters. The van der Waals surface area contributed by atoms with Gasteiger partial charge in [-0.05, 0) is 32.6 Å². The second kappa shape index (κ2) is 5.07. The Hall–Kier alpha value is -0.410. The fraction of sp³-hybridized carbons (Fsp3) is 0.929. The summed E-state index contributed by atoms with van der Waals surface area (Å²) < 4.78 is 11.9. The Balaban J connectivity index is 2.02. The average molecular weight is 240 g/mol. The van der Waals surface area contributed by atoms with Crippen LogP contribution in [0.2, 0.25) is 0 Å². The van der Waals surface area contributed by atoms with Crippen molar-refractivity contribution < 1.29 is 14.3 Å². The summed E-state index contributed by atoms with van der Waals surface area (Å²) in [4.78, 5) is 11.2. The topological polar surface area (TPSA) is 35.5 Å². The Morgan fingerprint density at radius 1 is 1.18 bits per heavy atom. The van der Waals surface area contributed by atoms with Crippen LogP contribution in [-0.2, 0) is 14.3 Å². The van der Waals surface area contributed by atoms with E-state index in [1.54, 1.807) is 6.92 Å². The van der Waals surface area contributed by atoms with Gasteiger partial charge in [-0.1, -0.05) is 13.3 Å². The third-order valence-corrected chi connectivity index (χ3v) is 4.23. The summed E-state index contributed by atoms with van der Waals surface area (Å²) in [7, 11) is 0. The van der Waals surface area contributed by atoms with E-state index in [1.807, 2.05) is 0 Å². The maximum Gasteiger partial charge on any atom is 0.174 e. The number of carbonyl (C=O) groups excluding carboxylic acids is 1. The SMILES string of the molecule is CCCCC1(C2(CCC(C)=O)CC2)OCCO1. The van der Waals surface area contributed by atoms with Gasteiger partial charge in [0.1, 0.15) is 5.78 Å². The molecule has 0 bridgehead atoms. The smallest absolute Gasteiger partial charge is 0.174 e. The molecule has 2 aliphatic rings. The molecule has 0 amide bonds. The minimum absolute atomic E-state index is 0.143. The molecular weight excluding hydrogens is 216 g/mol. The molecule has 2 fully saturated rings. The zero-order chi connectivity index (χ0) is 12.4. The standard InChI is InChI=1S/C14H24O3/c1-3-4-6-14(16-10-11-17-14)13(8-9-13)7-5-12(2)15/h3-11H2,1-2H3. The minimum atomic E-state index is -0.363. The Bertz CT molecular complexity index is 275. The minimum Gasteiger partial charge on any atom is -0.347 e. The fourth-order valence-electron chi connectivity index (χ4n) is 2.97. The molecule has 3 heteroatoms. The average Bonchev–Trinajstić information content (AvgIpc) is 2.96. The number of hydrogen-bond donors (Lipinski definition) is 0. The van der Waals surface area contributed by atoms with Gasteiger partial charge in [0.15, 0.2) is 5.79 Å². The van der Waals surface area contributed by atoms with Crippen LogP contribution in [-0.4, -0.2) is 24.8 Å². The van der Waals surface area contributed by atoms with Crippen molar-refractivity contribution in [2.45, 2.75) is 64.6 Å². The number of unbranched alkanes of at least 4 members (excludes halogenated alkanes) is 1. The highest BCUT2D eigenvalue weighted by Crippen LogP contribution is 2.61. The van der Waals surface area contributed by atoms with E-state index in [4.69, 9.17) is 9.47 Å². The normalized spacial score (nSPS) is 24.8. The van der Waals surface area contributed by atoms with Gasteiger partial charge in [-0.15, -0.1) is 0 Å². The largest absolute Gasteiger partial charge is 0.347 e. The molecular formula is C14H24O3. The maximum atomic E-state index is 11.2. The lowest BCUT2D eigenvalue weighted by atomic mass is 9.85. The molecule has 0 N–H and O–H groups in total. The number of rotatable bonds is 7.